The molecule has 0 aromatic heterocycles. The number of amides is 2. The first-order valence-electron chi connectivity index (χ1n) is 6.38. The number of hydrogen-bond acceptors (Lipinski definition) is 3. The number of rotatable bonds is 2. The Hall–Kier alpha value is -2.96. The van der Waals surface area contributed by atoms with Gasteiger partial charge in [0.2, 0.25) is 5.91 Å². The third-order valence-electron chi connectivity index (χ3n) is 3.06. The summed E-state index contributed by atoms with van der Waals surface area (Å²) in [4.78, 5) is 23.3. The van der Waals surface area contributed by atoms with Crippen molar-refractivity contribution in [1.82, 2.24) is 5.32 Å². The maximum Gasteiger partial charge on any atom is 0.253 e. The molecule has 0 atom stereocenters. The Bertz CT molecular complexity index is 757. The van der Waals surface area contributed by atoms with Crippen molar-refractivity contribution in [3.8, 4) is 11.5 Å². The van der Waals surface area contributed by atoms with Gasteiger partial charge in [0.1, 0.15) is 5.75 Å². The summed E-state index contributed by atoms with van der Waals surface area (Å²) in [5.74, 6) is -3.02. The van der Waals surface area contributed by atoms with Gasteiger partial charge in [-0.15, -0.1) is 0 Å². The number of benzene rings is 2. The van der Waals surface area contributed by atoms with E-state index >= 15 is 0 Å². The standard InChI is InChI=1S/C15H10F2N2O3/c16-10-2-1-3-11(17)14(10)22-8-4-5-12-9(6-8)15(21)18-7-13(20)19-12/h1-6H,7H2,(H,18,21)(H,19,20). The molecule has 2 aromatic carbocycles. The molecule has 7 heteroatoms. The molecule has 22 heavy (non-hydrogen) atoms. The normalized spacial score (nSPS) is 13.7. The zero-order valence-electron chi connectivity index (χ0n) is 11.2. The summed E-state index contributed by atoms with van der Waals surface area (Å²) in [6, 6.07) is 7.50. The topological polar surface area (TPSA) is 67.4 Å². The summed E-state index contributed by atoms with van der Waals surface area (Å²) in [6.45, 7) is -0.147. The van der Waals surface area contributed by atoms with E-state index in [1.807, 2.05) is 0 Å². The smallest absolute Gasteiger partial charge is 0.253 e. The number of carbonyl (C=O) groups excluding carboxylic acids is 2. The summed E-state index contributed by atoms with van der Waals surface area (Å²) in [7, 11) is 0. The van der Waals surface area contributed by atoms with E-state index in [2.05, 4.69) is 10.6 Å². The molecule has 0 radical (unpaired) electrons. The second-order valence-electron chi connectivity index (χ2n) is 4.59. The van der Waals surface area contributed by atoms with Crippen LogP contribution in [0.15, 0.2) is 36.4 Å². The molecule has 1 aliphatic heterocycles. The van der Waals surface area contributed by atoms with Crippen LogP contribution < -0.4 is 15.4 Å². The minimum atomic E-state index is -0.854. The SMILES string of the molecule is O=C1CNC(=O)c2cc(Oc3c(F)cccc3F)ccc2N1. The lowest BCUT2D eigenvalue weighted by Gasteiger charge is -2.10. The van der Waals surface area contributed by atoms with Crippen LogP contribution in [0.25, 0.3) is 0 Å². The summed E-state index contributed by atoms with van der Waals surface area (Å²) < 4.78 is 32.3. The van der Waals surface area contributed by atoms with Crippen molar-refractivity contribution in [2.24, 2.45) is 0 Å². The average Bonchev–Trinajstić information content (AvgIpc) is 2.63. The van der Waals surface area contributed by atoms with E-state index in [0.717, 1.165) is 12.1 Å². The Kier molecular flexibility index (Phi) is 3.46. The fraction of sp³-hybridized carbons (Fsp3) is 0.0667. The van der Waals surface area contributed by atoms with E-state index in [4.69, 9.17) is 4.74 Å². The van der Waals surface area contributed by atoms with Gasteiger partial charge in [-0.1, -0.05) is 6.07 Å². The first-order chi connectivity index (χ1) is 10.5. The van der Waals surface area contributed by atoms with E-state index in [1.54, 1.807) is 0 Å². The molecule has 5 nitrogen and oxygen atoms in total. The van der Waals surface area contributed by atoms with Gasteiger partial charge in [0.15, 0.2) is 17.4 Å². The zero-order valence-corrected chi connectivity index (χ0v) is 11.2. The minimum Gasteiger partial charge on any atom is -0.451 e. The molecule has 0 saturated heterocycles. The van der Waals surface area contributed by atoms with Crippen LogP contribution in [0.2, 0.25) is 0 Å². The maximum atomic E-state index is 13.6. The van der Waals surface area contributed by atoms with Crippen molar-refractivity contribution in [3.63, 3.8) is 0 Å². The predicted octanol–water partition coefficient (Wildman–Crippen LogP) is 2.44. The molecule has 1 aliphatic rings. The Morgan fingerprint density at radius 2 is 1.77 bits per heavy atom. The number of para-hydroxylation sites is 1. The van der Waals surface area contributed by atoms with E-state index in [9.17, 15) is 18.4 Å². The Morgan fingerprint density at radius 1 is 1.05 bits per heavy atom. The first-order valence-corrected chi connectivity index (χ1v) is 6.38. The van der Waals surface area contributed by atoms with E-state index in [1.165, 1.54) is 24.3 Å². The predicted molar refractivity (Wildman–Crippen MR) is 73.8 cm³/mol. The summed E-state index contributed by atoms with van der Waals surface area (Å²) in [5, 5.41) is 4.95. The highest BCUT2D eigenvalue weighted by molar-refractivity contribution is 6.08. The fourth-order valence-corrected chi connectivity index (χ4v) is 2.03. The van der Waals surface area contributed by atoms with Crippen LogP contribution in [0.1, 0.15) is 10.4 Å². The van der Waals surface area contributed by atoms with E-state index in [-0.39, 0.29) is 23.8 Å². The van der Waals surface area contributed by atoms with E-state index in [0.29, 0.717) is 5.69 Å². The molecule has 0 spiro atoms. The van der Waals surface area contributed by atoms with E-state index < -0.39 is 23.3 Å². The van der Waals surface area contributed by atoms with Gasteiger partial charge in [0.05, 0.1) is 17.8 Å². The van der Waals surface area contributed by atoms with Crippen LogP contribution in [-0.2, 0) is 4.79 Å². The highest BCUT2D eigenvalue weighted by Gasteiger charge is 2.20. The Labute approximate surface area is 123 Å². The van der Waals surface area contributed by atoms with Gasteiger partial charge >= 0.3 is 0 Å². The third kappa shape index (κ3) is 2.60. The van der Waals surface area contributed by atoms with Crippen LogP contribution in [0.4, 0.5) is 14.5 Å². The third-order valence-corrected chi connectivity index (χ3v) is 3.06. The molecule has 2 aromatic rings. The first kappa shape index (κ1) is 14.0. The summed E-state index contributed by atoms with van der Waals surface area (Å²) in [6.07, 6.45) is 0. The quantitative estimate of drug-likeness (QED) is 0.895. The molecular weight excluding hydrogens is 294 g/mol. The van der Waals surface area contributed by atoms with Gasteiger partial charge in [-0.2, -0.15) is 0 Å². The summed E-state index contributed by atoms with van der Waals surface area (Å²) >= 11 is 0. The lowest BCUT2D eigenvalue weighted by atomic mass is 10.1. The number of anilines is 1. The van der Waals surface area contributed by atoms with Crippen molar-refractivity contribution < 1.29 is 23.1 Å². The van der Waals surface area contributed by atoms with Gasteiger partial charge < -0.3 is 15.4 Å². The van der Waals surface area contributed by atoms with Crippen LogP contribution in [0.3, 0.4) is 0 Å². The summed E-state index contributed by atoms with van der Waals surface area (Å²) in [5.41, 5.74) is 0.460. The van der Waals surface area contributed by atoms with Crippen molar-refractivity contribution in [2.45, 2.75) is 0 Å². The van der Waals surface area contributed by atoms with Crippen molar-refractivity contribution >= 4 is 17.5 Å². The van der Waals surface area contributed by atoms with Gasteiger partial charge in [-0.05, 0) is 30.3 Å². The largest absolute Gasteiger partial charge is 0.451 e. The monoisotopic (exact) mass is 304 g/mol. The molecular formula is C15H10F2N2O3. The lowest BCUT2D eigenvalue weighted by molar-refractivity contribution is -0.115. The Morgan fingerprint density at radius 3 is 2.50 bits per heavy atom. The van der Waals surface area contributed by atoms with Gasteiger partial charge in [0.25, 0.3) is 5.91 Å². The van der Waals surface area contributed by atoms with Gasteiger partial charge in [-0.25, -0.2) is 8.78 Å². The molecule has 2 amide bonds. The molecule has 1 heterocycles. The fourth-order valence-electron chi connectivity index (χ4n) is 2.03. The number of fused-ring (bicyclic) bond motifs is 1. The number of nitrogens with one attached hydrogen (secondary N) is 2. The maximum absolute atomic E-state index is 13.6. The van der Waals surface area contributed by atoms with Crippen LogP contribution in [-0.4, -0.2) is 18.4 Å². The number of halogens is 2. The van der Waals surface area contributed by atoms with Gasteiger partial charge in [0, 0.05) is 0 Å². The second kappa shape index (κ2) is 5.44. The molecule has 0 unspecified atom stereocenters. The zero-order chi connectivity index (χ0) is 15.7. The van der Waals surface area contributed by atoms with Crippen LogP contribution in [0.5, 0.6) is 11.5 Å². The molecule has 0 bridgehead atoms. The number of ether oxygens (including phenoxy) is 1. The van der Waals surface area contributed by atoms with Crippen molar-refractivity contribution in [2.75, 3.05) is 11.9 Å². The van der Waals surface area contributed by atoms with Gasteiger partial charge in [-0.3, -0.25) is 9.59 Å². The highest BCUT2D eigenvalue weighted by atomic mass is 19.1. The molecule has 0 fully saturated rings. The molecule has 112 valence electrons. The second-order valence-corrected chi connectivity index (χ2v) is 4.59. The lowest BCUT2D eigenvalue weighted by Crippen LogP contribution is -2.28. The molecule has 0 saturated carbocycles. The highest BCUT2D eigenvalue weighted by Crippen LogP contribution is 2.30. The molecule has 3 rings (SSSR count). The molecule has 0 aliphatic carbocycles. The van der Waals surface area contributed by atoms with Crippen molar-refractivity contribution in [3.05, 3.63) is 53.6 Å². The number of hydrogen-bond donors (Lipinski definition) is 2. The van der Waals surface area contributed by atoms with Crippen molar-refractivity contribution in [1.29, 1.82) is 0 Å². The number of carbonyl (C=O) groups is 2. The minimum absolute atomic E-state index is 0.0778. The van der Waals surface area contributed by atoms with Crippen LogP contribution in [0, 0.1) is 11.6 Å². The Balaban J connectivity index is 1.97. The average molecular weight is 304 g/mol. The van der Waals surface area contributed by atoms with Crippen LogP contribution >= 0.6 is 0 Å². The molecule has 2 N–H and O–H groups in total.